The first-order valence-corrected chi connectivity index (χ1v) is 10.5. The van der Waals surface area contributed by atoms with E-state index in [1.54, 1.807) is 6.07 Å². The fraction of sp³-hybridized carbons (Fsp3) is 0.286. The number of ether oxygens (including phenoxy) is 1. The minimum absolute atomic E-state index is 0.0545. The van der Waals surface area contributed by atoms with Crippen LogP contribution in [-0.4, -0.2) is 40.1 Å². The number of fused-ring (bicyclic) bond motifs is 1. The molecule has 2 aromatic heterocycles. The van der Waals surface area contributed by atoms with Crippen molar-refractivity contribution in [2.45, 2.75) is 31.2 Å². The zero-order chi connectivity index (χ0) is 24.9. The number of alkyl halides is 3. The van der Waals surface area contributed by atoms with Crippen LogP contribution in [0.2, 0.25) is 0 Å². The third kappa shape index (κ3) is 3.95. The summed E-state index contributed by atoms with van der Waals surface area (Å²) >= 11 is 0.967. The Bertz CT molecular complexity index is 1380. The number of anilines is 1. The monoisotopic (exact) mass is 492 g/mol. The topological polar surface area (TPSA) is 126 Å². The fourth-order valence-corrected chi connectivity index (χ4v) is 4.14. The normalized spacial score (nSPS) is 22.8. The van der Waals surface area contributed by atoms with Crippen molar-refractivity contribution in [1.29, 1.82) is 5.26 Å². The Morgan fingerprint density at radius 1 is 1.26 bits per heavy atom. The molecule has 0 saturated carbocycles. The van der Waals surface area contributed by atoms with Gasteiger partial charge in [0.15, 0.2) is 5.01 Å². The van der Waals surface area contributed by atoms with E-state index in [1.165, 1.54) is 25.1 Å². The van der Waals surface area contributed by atoms with E-state index in [1.807, 2.05) is 6.07 Å². The van der Waals surface area contributed by atoms with Crippen molar-refractivity contribution in [2.75, 3.05) is 11.9 Å². The number of carbonyl (C=O) groups excluding carboxylic acids is 1. The van der Waals surface area contributed by atoms with Crippen molar-refractivity contribution >= 4 is 39.1 Å². The molecule has 3 aromatic rings. The molecule has 0 radical (unpaired) electrons. The number of thiazole rings is 1. The van der Waals surface area contributed by atoms with E-state index in [-0.39, 0.29) is 22.0 Å². The minimum Gasteiger partial charge on any atom is -0.385 e. The third-order valence-corrected chi connectivity index (χ3v) is 6.37. The Morgan fingerprint density at radius 2 is 2.00 bits per heavy atom. The number of amidine groups is 1. The van der Waals surface area contributed by atoms with Crippen LogP contribution in [0.5, 0.6) is 0 Å². The first-order valence-electron chi connectivity index (χ1n) is 9.72. The van der Waals surface area contributed by atoms with Gasteiger partial charge in [0, 0.05) is 11.3 Å². The molecule has 0 spiro atoms. The van der Waals surface area contributed by atoms with E-state index in [0.29, 0.717) is 10.3 Å². The lowest BCUT2D eigenvalue weighted by atomic mass is 9.89. The smallest absolute Gasteiger partial charge is 0.385 e. The SMILES string of the molecule is CC1(c2cc(NC(=O)c3nc4ccc(C#N)nc4s3)ccc2F)COC(C)(C(F)(F)F)C(N)=N1. The number of aliphatic imine (C=N–C) groups is 1. The average Bonchev–Trinajstić information content (AvgIpc) is 3.20. The highest BCUT2D eigenvalue weighted by Crippen LogP contribution is 2.41. The lowest BCUT2D eigenvalue weighted by Crippen LogP contribution is -2.60. The number of amides is 1. The molecule has 0 fully saturated rings. The number of carbonyl (C=O) groups is 1. The average molecular weight is 492 g/mol. The molecule has 3 N–H and O–H groups in total. The van der Waals surface area contributed by atoms with E-state index in [2.05, 4.69) is 20.3 Å². The Labute approximate surface area is 194 Å². The molecule has 0 saturated heterocycles. The zero-order valence-electron chi connectivity index (χ0n) is 17.7. The summed E-state index contributed by atoms with van der Waals surface area (Å²) in [5.41, 5.74) is 1.90. The molecule has 176 valence electrons. The molecule has 3 heterocycles. The van der Waals surface area contributed by atoms with Crippen molar-refractivity contribution in [1.82, 2.24) is 9.97 Å². The van der Waals surface area contributed by atoms with Gasteiger partial charge in [-0.3, -0.25) is 9.79 Å². The van der Waals surface area contributed by atoms with E-state index in [0.717, 1.165) is 24.3 Å². The number of rotatable bonds is 3. The molecule has 8 nitrogen and oxygen atoms in total. The highest BCUT2D eigenvalue weighted by molar-refractivity contribution is 7.20. The van der Waals surface area contributed by atoms with Crippen molar-refractivity contribution < 1.29 is 27.1 Å². The number of nitriles is 1. The molecular formula is C21H16F4N6O2S. The number of pyridine rings is 1. The van der Waals surface area contributed by atoms with Crippen molar-refractivity contribution in [3.05, 3.63) is 52.4 Å². The predicted molar refractivity (Wildman–Crippen MR) is 116 cm³/mol. The maximum absolute atomic E-state index is 14.7. The number of nitrogens with zero attached hydrogens (tertiary/aromatic N) is 4. The van der Waals surface area contributed by atoms with Gasteiger partial charge in [-0.15, -0.1) is 0 Å². The van der Waals surface area contributed by atoms with Gasteiger partial charge in [0.25, 0.3) is 5.91 Å². The highest BCUT2D eigenvalue weighted by atomic mass is 32.1. The van der Waals surface area contributed by atoms with E-state index < -0.39 is 41.5 Å². The summed E-state index contributed by atoms with van der Waals surface area (Å²) in [6, 6.07) is 8.53. The van der Waals surface area contributed by atoms with Gasteiger partial charge in [0.1, 0.15) is 39.3 Å². The maximum atomic E-state index is 14.7. The summed E-state index contributed by atoms with van der Waals surface area (Å²) in [7, 11) is 0. The van der Waals surface area contributed by atoms with Crippen LogP contribution in [0.3, 0.4) is 0 Å². The Morgan fingerprint density at radius 3 is 2.65 bits per heavy atom. The third-order valence-electron chi connectivity index (χ3n) is 5.41. The lowest BCUT2D eigenvalue weighted by Gasteiger charge is -2.41. The number of hydrogen-bond acceptors (Lipinski definition) is 8. The van der Waals surface area contributed by atoms with Gasteiger partial charge in [0.05, 0.1) is 6.61 Å². The molecule has 13 heteroatoms. The molecular weight excluding hydrogens is 476 g/mol. The molecule has 1 aliphatic heterocycles. The largest absolute Gasteiger partial charge is 0.424 e. The minimum atomic E-state index is -4.81. The molecule has 1 aliphatic rings. The number of nitrogens with two attached hydrogens (primary N) is 1. The van der Waals surface area contributed by atoms with Gasteiger partial charge in [0.2, 0.25) is 5.60 Å². The first kappa shape index (κ1) is 23.5. The maximum Gasteiger partial charge on any atom is 0.424 e. The van der Waals surface area contributed by atoms with Crippen LogP contribution in [0.25, 0.3) is 10.3 Å². The molecule has 2 atom stereocenters. The van der Waals surface area contributed by atoms with Crippen LogP contribution in [0.1, 0.15) is 34.9 Å². The fourth-order valence-electron chi connectivity index (χ4n) is 3.31. The van der Waals surface area contributed by atoms with E-state index in [4.69, 9.17) is 15.7 Å². The Hall–Kier alpha value is -3.63. The van der Waals surface area contributed by atoms with Gasteiger partial charge < -0.3 is 15.8 Å². The van der Waals surface area contributed by atoms with Crippen LogP contribution in [0.4, 0.5) is 23.2 Å². The molecule has 4 rings (SSSR count). The van der Waals surface area contributed by atoms with Crippen molar-refractivity contribution in [3.63, 3.8) is 0 Å². The van der Waals surface area contributed by atoms with Crippen LogP contribution < -0.4 is 11.1 Å². The van der Waals surface area contributed by atoms with E-state index >= 15 is 0 Å². The van der Waals surface area contributed by atoms with Gasteiger partial charge in [-0.1, -0.05) is 11.3 Å². The lowest BCUT2D eigenvalue weighted by molar-refractivity contribution is -0.249. The van der Waals surface area contributed by atoms with Gasteiger partial charge >= 0.3 is 6.18 Å². The Kier molecular flexibility index (Phi) is 5.53. The highest BCUT2D eigenvalue weighted by Gasteiger charge is 2.59. The van der Waals surface area contributed by atoms with Crippen molar-refractivity contribution in [2.24, 2.45) is 10.7 Å². The Balaban J connectivity index is 1.63. The van der Waals surface area contributed by atoms with Gasteiger partial charge in [-0.2, -0.15) is 18.4 Å². The van der Waals surface area contributed by atoms with Crippen LogP contribution in [0.15, 0.2) is 35.3 Å². The summed E-state index contributed by atoms with van der Waals surface area (Å²) in [5, 5.41) is 11.6. The zero-order valence-corrected chi connectivity index (χ0v) is 18.5. The van der Waals surface area contributed by atoms with Crippen LogP contribution in [-0.2, 0) is 10.3 Å². The second kappa shape index (κ2) is 8.00. The summed E-state index contributed by atoms with van der Waals surface area (Å²) < 4.78 is 59.8. The van der Waals surface area contributed by atoms with Gasteiger partial charge in [-0.25, -0.2) is 14.4 Å². The first-order chi connectivity index (χ1) is 15.9. The molecule has 34 heavy (non-hydrogen) atoms. The van der Waals surface area contributed by atoms with Gasteiger partial charge in [-0.05, 0) is 44.2 Å². The molecule has 2 unspecified atom stereocenters. The number of nitrogens with one attached hydrogen (secondary N) is 1. The summed E-state index contributed by atoms with van der Waals surface area (Å²) in [4.78, 5) is 25.3. The number of aromatic nitrogens is 2. The standard InChI is InChI=1S/C21H16F4N6O2S/c1-19(9-33-20(2,18(27)31-19)21(23,24)25)12-7-10(3-5-13(12)22)28-15(32)17-30-14-6-4-11(8-26)29-16(14)34-17/h3-7H,9H2,1-2H3,(H2,27,31)(H,28,32). The van der Waals surface area contributed by atoms with Crippen LogP contribution in [0, 0.1) is 17.1 Å². The van der Waals surface area contributed by atoms with E-state index in [9.17, 15) is 22.4 Å². The summed E-state index contributed by atoms with van der Waals surface area (Å²) in [6.45, 7) is 1.54. The molecule has 1 amide bonds. The molecule has 0 bridgehead atoms. The summed E-state index contributed by atoms with van der Waals surface area (Å²) in [5.74, 6) is -2.21. The van der Waals surface area contributed by atoms with Crippen molar-refractivity contribution in [3.8, 4) is 6.07 Å². The molecule has 0 aliphatic carbocycles. The quantitative estimate of drug-likeness (QED) is 0.535. The second-order valence-corrected chi connectivity index (χ2v) is 8.87. The van der Waals surface area contributed by atoms with Crippen LogP contribution >= 0.6 is 11.3 Å². The predicted octanol–water partition coefficient (Wildman–Crippen LogP) is 3.88. The second-order valence-electron chi connectivity index (χ2n) is 7.89. The number of halogens is 4. The number of benzene rings is 1. The number of hydrogen-bond donors (Lipinski definition) is 2. The summed E-state index contributed by atoms with van der Waals surface area (Å²) in [6.07, 6.45) is -4.81. The molecule has 1 aromatic carbocycles.